The molecule has 6 heteroatoms. The molecule has 2 bridgehead atoms. The number of rotatable bonds is 3. The van der Waals surface area contributed by atoms with Gasteiger partial charge in [-0.05, 0) is 47.1 Å². The van der Waals surface area contributed by atoms with Crippen LogP contribution in [-0.2, 0) is 16.1 Å². The summed E-state index contributed by atoms with van der Waals surface area (Å²) in [5, 5.41) is 0. The van der Waals surface area contributed by atoms with Gasteiger partial charge in [0.05, 0.1) is 0 Å². The minimum absolute atomic E-state index is 0.212. The first-order valence-corrected chi connectivity index (χ1v) is 13.4. The van der Waals surface area contributed by atoms with Gasteiger partial charge in [0, 0.05) is 56.3 Å². The van der Waals surface area contributed by atoms with E-state index in [4.69, 9.17) is 4.74 Å². The van der Waals surface area contributed by atoms with Crippen molar-refractivity contribution in [2.45, 2.75) is 52.6 Å². The van der Waals surface area contributed by atoms with E-state index in [0.29, 0.717) is 30.9 Å². The van der Waals surface area contributed by atoms with Gasteiger partial charge in [0.15, 0.2) is 0 Å². The van der Waals surface area contributed by atoms with E-state index in [1.54, 1.807) is 0 Å². The number of benzene rings is 2. The fraction of sp³-hybridized carbons (Fsp3) is 0.533. The number of anilines is 1. The zero-order valence-corrected chi connectivity index (χ0v) is 22.1. The van der Waals surface area contributed by atoms with Crippen molar-refractivity contribution < 1.29 is 14.3 Å². The number of nitrogens with zero attached hydrogens (tertiary/aromatic N) is 3. The van der Waals surface area contributed by atoms with Gasteiger partial charge in [-0.15, -0.1) is 0 Å². The average molecular weight is 490 g/mol. The average Bonchev–Trinajstić information content (AvgIpc) is 3.01. The summed E-state index contributed by atoms with van der Waals surface area (Å²) in [6, 6.07) is 16.8. The van der Waals surface area contributed by atoms with Crippen LogP contribution in [0, 0.1) is 11.3 Å². The van der Waals surface area contributed by atoms with Gasteiger partial charge in [-0.2, -0.15) is 0 Å². The number of ether oxygens (including phenoxy) is 1. The topological polar surface area (TPSA) is 53.1 Å². The van der Waals surface area contributed by atoms with Crippen LogP contribution in [0.4, 0.5) is 10.5 Å². The Morgan fingerprint density at radius 2 is 1.61 bits per heavy atom. The second-order valence-corrected chi connectivity index (χ2v) is 11.7. The van der Waals surface area contributed by atoms with Gasteiger partial charge in [0.2, 0.25) is 5.91 Å². The van der Waals surface area contributed by atoms with Crippen molar-refractivity contribution in [2.24, 2.45) is 11.3 Å². The molecule has 1 aliphatic carbocycles. The number of carbonyl (C=O) groups is 2. The summed E-state index contributed by atoms with van der Waals surface area (Å²) < 4.78 is 5.67. The van der Waals surface area contributed by atoms with Crippen LogP contribution >= 0.6 is 0 Å². The van der Waals surface area contributed by atoms with Crippen LogP contribution in [0.25, 0.3) is 0 Å². The molecular weight excluding hydrogens is 450 g/mol. The van der Waals surface area contributed by atoms with Crippen LogP contribution in [0.2, 0.25) is 0 Å². The molecule has 2 aliphatic heterocycles. The summed E-state index contributed by atoms with van der Waals surface area (Å²) in [5.74, 6) is 1.53. The van der Waals surface area contributed by atoms with E-state index >= 15 is 0 Å². The SMILES string of the molecule is C[C@H]1C2CCN(C(=O)OCc3ccccc3)CC1c1cc(N3CCN(C(=O)C(C)(C)C)CC3)ccc12. The van der Waals surface area contributed by atoms with Crippen LogP contribution < -0.4 is 4.90 Å². The number of carbonyl (C=O) groups excluding carboxylic acids is 2. The van der Waals surface area contributed by atoms with E-state index in [2.05, 4.69) is 30.0 Å². The number of piperazine rings is 1. The molecule has 2 saturated heterocycles. The van der Waals surface area contributed by atoms with Crippen molar-refractivity contribution in [3.05, 3.63) is 65.2 Å². The Hall–Kier alpha value is -3.02. The van der Waals surface area contributed by atoms with Crippen LogP contribution in [0.5, 0.6) is 0 Å². The van der Waals surface area contributed by atoms with E-state index in [1.165, 1.54) is 16.8 Å². The van der Waals surface area contributed by atoms with Crippen molar-refractivity contribution in [2.75, 3.05) is 44.2 Å². The van der Waals surface area contributed by atoms with Gasteiger partial charge in [0.1, 0.15) is 6.61 Å². The maximum atomic E-state index is 13.0. The lowest BCUT2D eigenvalue weighted by atomic mass is 9.88. The lowest BCUT2D eigenvalue weighted by Crippen LogP contribution is -2.51. The number of amides is 2. The fourth-order valence-electron chi connectivity index (χ4n) is 6.19. The molecule has 2 amide bonds. The van der Waals surface area contributed by atoms with Crippen LogP contribution in [0.3, 0.4) is 0 Å². The zero-order valence-electron chi connectivity index (χ0n) is 22.1. The van der Waals surface area contributed by atoms with Crippen molar-refractivity contribution in [1.82, 2.24) is 9.80 Å². The van der Waals surface area contributed by atoms with Crippen molar-refractivity contribution in [3.8, 4) is 0 Å². The Balaban J connectivity index is 1.26. The molecule has 0 aromatic heterocycles. The van der Waals surface area contributed by atoms with E-state index in [0.717, 1.165) is 44.7 Å². The predicted octanol–water partition coefficient (Wildman–Crippen LogP) is 5.24. The largest absolute Gasteiger partial charge is 0.445 e. The predicted molar refractivity (Wildman–Crippen MR) is 142 cm³/mol. The molecule has 0 spiro atoms. The highest BCUT2D eigenvalue weighted by Gasteiger charge is 2.42. The molecule has 2 aromatic carbocycles. The highest BCUT2D eigenvalue weighted by molar-refractivity contribution is 5.81. The maximum absolute atomic E-state index is 13.0. The summed E-state index contributed by atoms with van der Waals surface area (Å²) in [5.41, 5.74) is 4.74. The molecule has 2 unspecified atom stereocenters. The molecule has 3 atom stereocenters. The summed E-state index contributed by atoms with van der Waals surface area (Å²) in [6.45, 7) is 13.3. The smallest absolute Gasteiger partial charge is 0.410 e. The van der Waals surface area contributed by atoms with Crippen molar-refractivity contribution >= 4 is 17.7 Å². The molecule has 192 valence electrons. The first-order chi connectivity index (χ1) is 17.2. The first kappa shape index (κ1) is 24.7. The Kier molecular flexibility index (Phi) is 6.71. The van der Waals surface area contributed by atoms with E-state index in [9.17, 15) is 9.59 Å². The van der Waals surface area contributed by atoms with Crippen LogP contribution in [0.15, 0.2) is 48.5 Å². The first-order valence-electron chi connectivity index (χ1n) is 13.4. The Labute approximate surface area is 215 Å². The van der Waals surface area contributed by atoms with Gasteiger partial charge in [-0.25, -0.2) is 4.79 Å². The molecule has 5 rings (SSSR count). The Morgan fingerprint density at radius 1 is 0.889 bits per heavy atom. The molecule has 2 fully saturated rings. The second-order valence-electron chi connectivity index (χ2n) is 11.7. The van der Waals surface area contributed by atoms with Crippen LogP contribution in [-0.4, -0.2) is 61.1 Å². The number of likely N-dealkylation sites (tertiary alicyclic amines) is 1. The molecule has 2 heterocycles. The minimum atomic E-state index is -0.337. The Bertz CT molecular complexity index is 1100. The standard InChI is InChI=1S/C30H39N3O3/c1-21-24-12-13-33(29(35)36-20-22-8-6-5-7-9-22)19-27(21)26-18-23(10-11-25(24)26)31-14-16-32(17-15-31)28(34)30(2,3)4/h5-11,18,21,24,27H,12-17,19-20H2,1-4H3/t21-,24?,27?/m0/s1. The third kappa shape index (κ3) is 4.82. The van der Waals surface area contributed by atoms with Crippen molar-refractivity contribution in [3.63, 3.8) is 0 Å². The Morgan fingerprint density at radius 3 is 2.31 bits per heavy atom. The molecule has 2 aromatic rings. The van der Waals surface area contributed by atoms with Gasteiger partial charge < -0.3 is 19.4 Å². The third-order valence-corrected chi connectivity index (χ3v) is 8.30. The highest BCUT2D eigenvalue weighted by atomic mass is 16.6. The number of fused-ring (bicyclic) bond motifs is 5. The zero-order chi connectivity index (χ0) is 25.4. The van der Waals surface area contributed by atoms with E-state index in [1.807, 2.05) is 60.9 Å². The van der Waals surface area contributed by atoms with Crippen molar-refractivity contribution in [1.29, 1.82) is 0 Å². The van der Waals surface area contributed by atoms with Gasteiger partial charge in [-0.1, -0.05) is 64.1 Å². The lowest BCUT2D eigenvalue weighted by molar-refractivity contribution is -0.139. The molecule has 0 radical (unpaired) electrons. The van der Waals surface area contributed by atoms with Gasteiger partial charge >= 0.3 is 6.09 Å². The monoisotopic (exact) mass is 489 g/mol. The highest BCUT2D eigenvalue weighted by Crippen LogP contribution is 2.51. The summed E-state index contributed by atoms with van der Waals surface area (Å²) in [4.78, 5) is 32.0. The van der Waals surface area contributed by atoms with Gasteiger partial charge in [0.25, 0.3) is 0 Å². The maximum Gasteiger partial charge on any atom is 0.410 e. The number of hydrogen-bond acceptors (Lipinski definition) is 4. The minimum Gasteiger partial charge on any atom is -0.445 e. The molecule has 36 heavy (non-hydrogen) atoms. The molecule has 0 saturated carbocycles. The van der Waals surface area contributed by atoms with Crippen LogP contribution in [0.1, 0.15) is 62.6 Å². The lowest BCUT2D eigenvalue weighted by Gasteiger charge is -2.39. The fourth-order valence-corrected chi connectivity index (χ4v) is 6.19. The normalized spacial score (nSPS) is 23.8. The molecule has 0 N–H and O–H groups in total. The second kappa shape index (κ2) is 9.79. The van der Waals surface area contributed by atoms with E-state index < -0.39 is 0 Å². The summed E-state index contributed by atoms with van der Waals surface area (Å²) in [7, 11) is 0. The molecular formula is C30H39N3O3. The van der Waals surface area contributed by atoms with Gasteiger partial charge in [-0.3, -0.25) is 4.79 Å². The molecule has 6 nitrogen and oxygen atoms in total. The van der Waals surface area contributed by atoms with E-state index in [-0.39, 0.29) is 17.4 Å². The quantitative estimate of drug-likeness (QED) is 0.592. The molecule has 3 aliphatic rings. The number of hydrogen-bond donors (Lipinski definition) is 0. The summed E-state index contributed by atoms with van der Waals surface area (Å²) in [6.07, 6.45) is 0.758. The summed E-state index contributed by atoms with van der Waals surface area (Å²) >= 11 is 0. The third-order valence-electron chi connectivity index (χ3n) is 8.30.